The number of unbranched alkanes of at least 4 members (excludes halogenated alkanes) is 10. The standard InChI is InChI=1S/C14H28O2S2/c1-2-3-4-5-6-7-8-9-10-11-12-13-15-16-14(17)18/h2-13H2,1H3,(H,17,18). The minimum atomic E-state index is 0.151. The Labute approximate surface area is 123 Å². The fourth-order valence-electron chi connectivity index (χ4n) is 1.92. The van der Waals surface area contributed by atoms with Crippen molar-refractivity contribution < 1.29 is 9.78 Å². The Morgan fingerprint density at radius 1 is 0.833 bits per heavy atom. The van der Waals surface area contributed by atoms with Gasteiger partial charge in [0.2, 0.25) is 0 Å². The van der Waals surface area contributed by atoms with E-state index < -0.39 is 0 Å². The van der Waals surface area contributed by atoms with Crippen LogP contribution in [-0.2, 0) is 9.78 Å². The van der Waals surface area contributed by atoms with Crippen molar-refractivity contribution in [1.29, 1.82) is 0 Å². The Bertz CT molecular complexity index is 187. The summed E-state index contributed by atoms with van der Waals surface area (Å²) in [6.07, 6.45) is 14.7. The molecule has 2 nitrogen and oxygen atoms in total. The van der Waals surface area contributed by atoms with E-state index in [1.165, 1.54) is 64.2 Å². The van der Waals surface area contributed by atoms with Crippen LogP contribution < -0.4 is 0 Å². The van der Waals surface area contributed by atoms with Crippen LogP contribution in [0.4, 0.5) is 0 Å². The monoisotopic (exact) mass is 292 g/mol. The Morgan fingerprint density at radius 3 is 1.72 bits per heavy atom. The third kappa shape index (κ3) is 16.2. The van der Waals surface area contributed by atoms with Gasteiger partial charge in [0, 0.05) is 0 Å². The van der Waals surface area contributed by atoms with Crippen molar-refractivity contribution in [2.75, 3.05) is 6.61 Å². The minimum Gasteiger partial charge on any atom is -0.319 e. The molecule has 0 fully saturated rings. The quantitative estimate of drug-likeness (QED) is 0.160. The summed E-state index contributed by atoms with van der Waals surface area (Å²) in [5, 5.41) is 0. The van der Waals surface area contributed by atoms with Gasteiger partial charge in [-0.15, -0.1) is 0 Å². The van der Waals surface area contributed by atoms with Crippen molar-refractivity contribution in [2.45, 2.75) is 77.6 Å². The highest BCUT2D eigenvalue weighted by Crippen LogP contribution is 2.11. The van der Waals surface area contributed by atoms with Gasteiger partial charge >= 0.3 is 0 Å². The Morgan fingerprint density at radius 2 is 1.28 bits per heavy atom. The van der Waals surface area contributed by atoms with Gasteiger partial charge in [-0.05, 0) is 18.6 Å². The van der Waals surface area contributed by atoms with Crippen LogP contribution in [0.3, 0.4) is 0 Å². The summed E-state index contributed by atoms with van der Waals surface area (Å²) in [7, 11) is 0. The van der Waals surface area contributed by atoms with Crippen LogP contribution in [0.15, 0.2) is 0 Å². The predicted octanol–water partition coefficient (Wildman–Crippen LogP) is 5.46. The average molecular weight is 293 g/mol. The molecule has 0 heterocycles. The first kappa shape index (κ1) is 18.2. The predicted molar refractivity (Wildman–Crippen MR) is 85.1 cm³/mol. The summed E-state index contributed by atoms with van der Waals surface area (Å²) in [4.78, 5) is 9.49. The second-order valence-corrected chi connectivity index (χ2v) is 5.79. The highest BCUT2D eigenvalue weighted by molar-refractivity contribution is 8.10. The van der Waals surface area contributed by atoms with Crippen LogP contribution in [0.2, 0.25) is 0 Å². The van der Waals surface area contributed by atoms with Gasteiger partial charge in [0.05, 0.1) is 6.61 Å². The molecule has 0 saturated heterocycles. The van der Waals surface area contributed by atoms with E-state index in [1.807, 2.05) is 0 Å². The summed E-state index contributed by atoms with van der Waals surface area (Å²) >= 11 is 8.39. The van der Waals surface area contributed by atoms with E-state index in [0.29, 0.717) is 6.61 Å². The fourth-order valence-corrected chi connectivity index (χ4v) is 2.02. The van der Waals surface area contributed by atoms with Crippen LogP contribution in [-0.4, -0.2) is 11.0 Å². The zero-order valence-electron chi connectivity index (χ0n) is 11.7. The van der Waals surface area contributed by atoms with Gasteiger partial charge in [-0.1, -0.05) is 83.8 Å². The maximum Gasteiger partial charge on any atom is 0.260 e. The largest absolute Gasteiger partial charge is 0.319 e. The van der Waals surface area contributed by atoms with E-state index in [1.54, 1.807) is 0 Å². The van der Waals surface area contributed by atoms with Gasteiger partial charge in [0.1, 0.15) is 0 Å². The lowest BCUT2D eigenvalue weighted by Gasteiger charge is -2.03. The SMILES string of the molecule is CCCCCCCCCCCCCOOC(=S)S. The van der Waals surface area contributed by atoms with Crippen molar-refractivity contribution in [3.8, 4) is 0 Å². The van der Waals surface area contributed by atoms with Gasteiger partial charge in [0.25, 0.3) is 4.38 Å². The van der Waals surface area contributed by atoms with Gasteiger partial charge < -0.3 is 4.89 Å². The molecule has 0 radical (unpaired) electrons. The van der Waals surface area contributed by atoms with Crippen LogP contribution >= 0.6 is 24.8 Å². The van der Waals surface area contributed by atoms with E-state index in [4.69, 9.17) is 4.89 Å². The normalized spacial score (nSPS) is 10.6. The molecule has 0 aliphatic heterocycles. The van der Waals surface area contributed by atoms with Crippen molar-refractivity contribution in [1.82, 2.24) is 0 Å². The van der Waals surface area contributed by atoms with E-state index in [0.717, 1.165) is 6.42 Å². The first-order chi connectivity index (χ1) is 8.77. The van der Waals surface area contributed by atoms with Gasteiger partial charge in [-0.25, -0.2) is 0 Å². The highest BCUT2D eigenvalue weighted by Gasteiger charge is 1.94. The number of hydrogen-bond acceptors (Lipinski definition) is 3. The molecule has 18 heavy (non-hydrogen) atoms. The van der Waals surface area contributed by atoms with E-state index in [2.05, 4.69) is 36.7 Å². The summed E-state index contributed by atoms with van der Waals surface area (Å²) in [5.74, 6) is 0. The lowest BCUT2D eigenvalue weighted by molar-refractivity contribution is -0.216. The second kappa shape index (κ2) is 15.3. The molecule has 0 aromatic rings. The summed E-state index contributed by atoms with van der Waals surface area (Å²) in [5.41, 5.74) is 0. The van der Waals surface area contributed by atoms with E-state index >= 15 is 0 Å². The summed E-state index contributed by atoms with van der Waals surface area (Å²) < 4.78 is 0.151. The highest BCUT2D eigenvalue weighted by atomic mass is 32.1. The van der Waals surface area contributed by atoms with Crippen molar-refractivity contribution >= 4 is 29.2 Å². The van der Waals surface area contributed by atoms with Crippen molar-refractivity contribution in [3.05, 3.63) is 0 Å². The van der Waals surface area contributed by atoms with Crippen LogP contribution in [0, 0.1) is 0 Å². The molecule has 0 unspecified atom stereocenters. The molecule has 108 valence electrons. The smallest absolute Gasteiger partial charge is 0.260 e. The first-order valence-electron chi connectivity index (χ1n) is 7.29. The van der Waals surface area contributed by atoms with Crippen molar-refractivity contribution in [2.24, 2.45) is 0 Å². The molecule has 0 spiro atoms. The van der Waals surface area contributed by atoms with Crippen molar-refractivity contribution in [3.63, 3.8) is 0 Å². The van der Waals surface area contributed by atoms with Gasteiger partial charge in [0.15, 0.2) is 0 Å². The van der Waals surface area contributed by atoms with Crippen LogP contribution in [0.1, 0.15) is 77.6 Å². The van der Waals surface area contributed by atoms with E-state index in [-0.39, 0.29) is 4.38 Å². The zero-order chi connectivity index (χ0) is 13.5. The molecule has 0 amide bonds. The molecule has 0 atom stereocenters. The lowest BCUT2D eigenvalue weighted by atomic mass is 10.1. The lowest BCUT2D eigenvalue weighted by Crippen LogP contribution is -1.98. The second-order valence-electron chi connectivity index (χ2n) is 4.71. The number of hydrogen-bond donors (Lipinski definition) is 1. The fraction of sp³-hybridized carbons (Fsp3) is 0.929. The molecule has 4 heteroatoms. The van der Waals surface area contributed by atoms with Crippen LogP contribution in [0.5, 0.6) is 0 Å². The number of thiol groups is 1. The molecule has 0 saturated carbocycles. The molecular weight excluding hydrogens is 264 g/mol. The molecule has 0 rings (SSSR count). The van der Waals surface area contributed by atoms with Gasteiger partial charge in [-0.2, -0.15) is 4.89 Å². The topological polar surface area (TPSA) is 18.5 Å². The molecule has 0 aliphatic carbocycles. The maximum atomic E-state index is 4.86. The minimum absolute atomic E-state index is 0.151. The first-order valence-corrected chi connectivity index (χ1v) is 8.15. The third-order valence-electron chi connectivity index (χ3n) is 2.96. The Hall–Kier alpha value is 0.200. The Kier molecular flexibility index (Phi) is 15.4. The molecule has 0 N–H and O–H groups in total. The molecule has 0 bridgehead atoms. The Balaban J connectivity index is 2.92. The molecule has 0 aromatic heterocycles. The molecular formula is C14H28O2S2. The van der Waals surface area contributed by atoms with E-state index in [9.17, 15) is 0 Å². The third-order valence-corrected chi connectivity index (χ3v) is 3.10. The van der Waals surface area contributed by atoms with Gasteiger partial charge in [-0.3, -0.25) is 0 Å². The summed E-state index contributed by atoms with van der Waals surface area (Å²) in [6, 6.07) is 0. The number of rotatable bonds is 13. The molecule has 0 aromatic carbocycles. The average Bonchev–Trinajstić information content (AvgIpc) is 2.34. The maximum absolute atomic E-state index is 4.86. The summed E-state index contributed by atoms with van der Waals surface area (Å²) in [6.45, 7) is 2.87. The zero-order valence-corrected chi connectivity index (χ0v) is 13.4. The molecule has 0 aliphatic rings. The number of thiocarbonyl (C=S) groups is 1. The van der Waals surface area contributed by atoms with Crippen LogP contribution in [0.25, 0.3) is 0 Å².